The van der Waals surface area contributed by atoms with Gasteiger partial charge in [0, 0.05) is 19.1 Å². The van der Waals surface area contributed by atoms with Crippen molar-refractivity contribution in [1.82, 2.24) is 9.88 Å². The summed E-state index contributed by atoms with van der Waals surface area (Å²) in [6.07, 6.45) is 4.04. The molecule has 3 rings (SSSR count). The summed E-state index contributed by atoms with van der Waals surface area (Å²) in [7, 11) is 0. The van der Waals surface area contributed by atoms with Crippen LogP contribution in [0, 0.1) is 5.92 Å². The minimum atomic E-state index is 0.0456. The van der Waals surface area contributed by atoms with Gasteiger partial charge in [-0.2, -0.15) is 0 Å². The van der Waals surface area contributed by atoms with Gasteiger partial charge in [0.15, 0.2) is 0 Å². The summed E-state index contributed by atoms with van der Waals surface area (Å²) < 4.78 is 0. The van der Waals surface area contributed by atoms with E-state index in [1.807, 2.05) is 35.2 Å². The number of carbonyl (C=O) groups excluding carboxylic acids is 1. The Morgan fingerprint density at radius 3 is 2.71 bits per heavy atom. The third kappa shape index (κ3) is 3.94. The quantitative estimate of drug-likeness (QED) is 0.920. The highest BCUT2D eigenvalue weighted by atomic mass is 16.2. The van der Waals surface area contributed by atoms with Gasteiger partial charge in [0.1, 0.15) is 5.69 Å². The van der Waals surface area contributed by atoms with Gasteiger partial charge in [0.25, 0.3) is 5.91 Å². The number of hydrogen-bond donors (Lipinski definition) is 1. The van der Waals surface area contributed by atoms with Gasteiger partial charge >= 0.3 is 0 Å². The second-order valence-corrected chi connectivity index (χ2v) is 6.71. The van der Waals surface area contributed by atoms with Crippen molar-refractivity contribution in [2.45, 2.75) is 32.7 Å². The van der Waals surface area contributed by atoms with Crippen molar-refractivity contribution in [1.29, 1.82) is 0 Å². The lowest BCUT2D eigenvalue weighted by atomic mass is 10.00. The van der Waals surface area contributed by atoms with Gasteiger partial charge in [-0.1, -0.05) is 37.3 Å². The smallest absolute Gasteiger partial charge is 0.272 e. The molecule has 2 aromatic rings. The monoisotopic (exact) mass is 323 g/mol. The van der Waals surface area contributed by atoms with E-state index in [9.17, 15) is 4.79 Å². The molecule has 4 nitrogen and oxygen atoms in total. The standard InChI is InChI=1S/C20H25N3O/c1-15-7-6-12-23(14-15)20(24)19-11-10-18(13-21-19)22-16(2)17-8-4-3-5-9-17/h3-5,8-11,13,15-16,22H,6-7,12,14H2,1-2H3. The number of anilines is 1. The number of rotatable bonds is 4. The average Bonchev–Trinajstić information content (AvgIpc) is 2.62. The molecule has 0 bridgehead atoms. The van der Waals surface area contributed by atoms with Crippen molar-refractivity contribution in [3.63, 3.8) is 0 Å². The Bertz CT molecular complexity index is 669. The van der Waals surface area contributed by atoms with Crippen LogP contribution in [0.1, 0.15) is 48.8 Å². The van der Waals surface area contributed by atoms with Crippen LogP contribution in [-0.4, -0.2) is 28.9 Å². The van der Waals surface area contributed by atoms with Crippen molar-refractivity contribution in [2.24, 2.45) is 5.92 Å². The zero-order valence-electron chi connectivity index (χ0n) is 14.4. The number of carbonyl (C=O) groups is 1. The normalized spacial score (nSPS) is 18.9. The van der Waals surface area contributed by atoms with Crippen molar-refractivity contribution < 1.29 is 4.79 Å². The Hall–Kier alpha value is -2.36. The molecule has 2 unspecified atom stereocenters. The number of benzene rings is 1. The predicted molar refractivity (Wildman–Crippen MR) is 97.0 cm³/mol. The van der Waals surface area contributed by atoms with E-state index in [0.717, 1.165) is 25.2 Å². The lowest BCUT2D eigenvalue weighted by Gasteiger charge is -2.30. The van der Waals surface area contributed by atoms with E-state index in [-0.39, 0.29) is 11.9 Å². The van der Waals surface area contributed by atoms with Crippen LogP contribution < -0.4 is 5.32 Å². The van der Waals surface area contributed by atoms with Crippen LogP contribution in [0.5, 0.6) is 0 Å². The number of amides is 1. The second kappa shape index (κ2) is 7.47. The Balaban J connectivity index is 1.64. The first-order valence-electron chi connectivity index (χ1n) is 8.70. The fraction of sp³-hybridized carbons (Fsp3) is 0.400. The van der Waals surface area contributed by atoms with E-state index in [0.29, 0.717) is 11.6 Å². The molecule has 0 aliphatic carbocycles. The first-order valence-corrected chi connectivity index (χ1v) is 8.70. The molecule has 1 aliphatic rings. The average molecular weight is 323 g/mol. The first-order chi connectivity index (χ1) is 11.6. The third-order valence-electron chi connectivity index (χ3n) is 4.61. The van der Waals surface area contributed by atoms with Gasteiger partial charge in [-0.05, 0) is 43.4 Å². The van der Waals surface area contributed by atoms with E-state index in [2.05, 4.69) is 36.3 Å². The van der Waals surface area contributed by atoms with Gasteiger partial charge in [-0.15, -0.1) is 0 Å². The molecule has 24 heavy (non-hydrogen) atoms. The maximum absolute atomic E-state index is 12.5. The number of likely N-dealkylation sites (tertiary alicyclic amines) is 1. The van der Waals surface area contributed by atoms with Crippen molar-refractivity contribution >= 4 is 11.6 Å². The van der Waals surface area contributed by atoms with Gasteiger partial charge < -0.3 is 10.2 Å². The number of nitrogens with zero attached hydrogens (tertiary/aromatic N) is 2. The third-order valence-corrected chi connectivity index (χ3v) is 4.61. The second-order valence-electron chi connectivity index (χ2n) is 6.71. The Labute approximate surface area is 143 Å². The van der Waals surface area contributed by atoms with Crippen LogP contribution in [0.15, 0.2) is 48.7 Å². The summed E-state index contributed by atoms with van der Waals surface area (Å²) in [5.41, 5.74) is 2.68. The highest BCUT2D eigenvalue weighted by molar-refractivity contribution is 5.92. The van der Waals surface area contributed by atoms with Crippen LogP contribution in [0.3, 0.4) is 0 Å². The van der Waals surface area contributed by atoms with E-state index in [1.54, 1.807) is 6.20 Å². The molecule has 1 N–H and O–H groups in total. The fourth-order valence-electron chi connectivity index (χ4n) is 3.22. The molecule has 1 aromatic heterocycles. The number of aromatic nitrogens is 1. The largest absolute Gasteiger partial charge is 0.377 e. The first kappa shape index (κ1) is 16.5. The minimum Gasteiger partial charge on any atom is -0.377 e. The van der Waals surface area contributed by atoms with Gasteiger partial charge in [-0.25, -0.2) is 4.98 Å². The van der Waals surface area contributed by atoms with E-state index >= 15 is 0 Å². The summed E-state index contributed by atoms with van der Waals surface area (Å²) in [6, 6.07) is 14.2. The zero-order chi connectivity index (χ0) is 16.9. The Morgan fingerprint density at radius 1 is 1.25 bits per heavy atom. The minimum absolute atomic E-state index is 0.0456. The Morgan fingerprint density at radius 2 is 2.04 bits per heavy atom. The van der Waals surface area contributed by atoms with Crippen molar-refractivity contribution in [3.8, 4) is 0 Å². The maximum Gasteiger partial charge on any atom is 0.272 e. The summed E-state index contributed by atoms with van der Waals surface area (Å²) in [4.78, 5) is 18.8. The molecule has 1 saturated heterocycles. The Kier molecular flexibility index (Phi) is 5.14. The molecule has 0 saturated carbocycles. The van der Waals surface area contributed by atoms with Crippen LogP contribution in [0.4, 0.5) is 5.69 Å². The number of pyridine rings is 1. The van der Waals surface area contributed by atoms with Crippen molar-refractivity contribution in [3.05, 3.63) is 59.9 Å². The van der Waals surface area contributed by atoms with E-state index in [4.69, 9.17) is 0 Å². The van der Waals surface area contributed by atoms with Gasteiger partial charge in [-0.3, -0.25) is 4.79 Å². The van der Waals surface area contributed by atoms with Crippen LogP contribution >= 0.6 is 0 Å². The van der Waals surface area contributed by atoms with Gasteiger partial charge in [0.2, 0.25) is 0 Å². The summed E-state index contributed by atoms with van der Waals surface area (Å²) >= 11 is 0. The van der Waals surface area contributed by atoms with Crippen LogP contribution in [0.25, 0.3) is 0 Å². The summed E-state index contributed by atoms with van der Waals surface area (Å²) in [5.74, 6) is 0.625. The molecule has 1 aromatic carbocycles. The summed E-state index contributed by atoms with van der Waals surface area (Å²) in [5, 5.41) is 3.42. The number of hydrogen-bond acceptors (Lipinski definition) is 3. The van der Waals surface area contributed by atoms with E-state index in [1.165, 1.54) is 12.0 Å². The SMILES string of the molecule is CC1CCCN(C(=O)c2ccc(NC(C)c3ccccc3)cn2)C1. The maximum atomic E-state index is 12.5. The molecule has 4 heteroatoms. The number of piperidine rings is 1. The van der Waals surface area contributed by atoms with Gasteiger partial charge in [0.05, 0.1) is 11.9 Å². The lowest BCUT2D eigenvalue weighted by Crippen LogP contribution is -2.39. The molecule has 0 radical (unpaired) electrons. The molecular weight excluding hydrogens is 298 g/mol. The molecule has 126 valence electrons. The molecule has 1 fully saturated rings. The van der Waals surface area contributed by atoms with Crippen LogP contribution in [0.2, 0.25) is 0 Å². The van der Waals surface area contributed by atoms with Crippen LogP contribution in [-0.2, 0) is 0 Å². The highest BCUT2D eigenvalue weighted by Crippen LogP contribution is 2.20. The fourth-order valence-corrected chi connectivity index (χ4v) is 3.22. The molecule has 1 amide bonds. The molecular formula is C20H25N3O. The molecule has 0 spiro atoms. The molecule has 2 heterocycles. The zero-order valence-corrected chi connectivity index (χ0v) is 14.4. The molecule has 1 aliphatic heterocycles. The summed E-state index contributed by atoms with van der Waals surface area (Å²) in [6.45, 7) is 6.00. The topological polar surface area (TPSA) is 45.2 Å². The lowest BCUT2D eigenvalue weighted by molar-refractivity contribution is 0.0677. The highest BCUT2D eigenvalue weighted by Gasteiger charge is 2.22. The molecule has 2 atom stereocenters. The predicted octanol–water partition coefficient (Wildman–Crippen LogP) is 4.13. The van der Waals surface area contributed by atoms with Crippen molar-refractivity contribution in [2.75, 3.05) is 18.4 Å². The number of nitrogens with one attached hydrogen (secondary N) is 1. The van der Waals surface area contributed by atoms with E-state index < -0.39 is 0 Å².